The van der Waals surface area contributed by atoms with Crippen molar-refractivity contribution in [1.29, 1.82) is 0 Å². The van der Waals surface area contributed by atoms with Crippen molar-refractivity contribution in [3.05, 3.63) is 41.0 Å². The summed E-state index contributed by atoms with van der Waals surface area (Å²) in [4.78, 5) is 26.0. The van der Waals surface area contributed by atoms with Crippen LogP contribution in [0.1, 0.15) is 43.9 Å². The Morgan fingerprint density at radius 3 is 2.73 bits per heavy atom. The summed E-state index contributed by atoms with van der Waals surface area (Å²) in [5.74, 6) is -0.273. The molecule has 2 amide bonds. The number of rotatable bonds is 0. The molecule has 1 atom stereocenters. The van der Waals surface area contributed by atoms with E-state index in [1.807, 2.05) is 19.1 Å². The van der Waals surface area contributed by atoms with Gasteiger partial charge in [0.25, 0.3) is 5.91 Å². The van der Waals surface area contributed by atoms with Gasteiger partial charge in [-0.1, -0.05) is 18.2 Å². The second kappa shape index (κ2) is 4.97. The molecule has 22 heavy (non-hydrogen) atoms. The average molecular weight is 299 g/mol. The van der Waals surface area contributed by atoms with Crippen LogP contribution in [-0.2, 0) is 16.0 Å². The van der Waals surface area contributed by atoms with Gasteiger partial charge in [-0.2, -0.15) is 0 Å². The zero-order chi connectivity index (χ0) is 16.1. The molecule has 0 N–H and O–H groups in total. The van der Waals surface area contributed by atoms with Crippen LogP contribution in [0.25, 0.3) is 5.57 Å². The van der Waals surface area contributed by atoms with Gasteiger partial charge in [0.2, 0.25) is 0 Å². The van der Waals surface area contributed by atoms with Crippen molar-refractivity contribution in [1.82, 2.24) is 4.90 Å². The third-order valence-electron chi connectivity index (χ3n) is 4.11. The van der Waals surface area contributed by atoms with Gasteiger partial charge in [-0.15, -0.1) is 0 Å². The normalized spacial score (nSPS) is 20.4. The van der Waals surface area contributed by atoms with Crippen LogP contribution in [0, 0.1) is 6.92 Å². The number of hydrogen-bond donors (Lipinski definition) is 0. The predicted octanol–water partition coefficient (Wildman–Crippen LogP) is 3.47. The average Bonchev–Trinajstić information content (AvgIpc) is 2.72. The van der Waals surface area contributed by atoms with Crippen molar-refractivity contribution < 1.29 is 14.3 Å². The Bertz CT molecular complexity index is 682. The van der Waals surface area contributed by atoms with E-state index >= 15 is 0 Å². The summed E-state index contributed by atoms with van der Waals surface area (Å²) in [7, 11) is 0. The van der Waals surface area contributed by atoms with Gasteiger partial charge in [0.15, 0.2) is 0 Å². The number of nitrogens with zero attached hydrogens (tertiary/aromatic N) is 1. The third kappa shape index (κ3) is 2.43. The molecule has 1 aromatic carbocycles. The lowest BCUT2D eigenvalue weighted by Gasteiger charge is -2.32. The molecular weight excluding hydrogens is 278 g/mol. The molecule has 4 heteroatoms. The lowest BCUT2D eigenvalue weighted by Crippen LogP contribution is -2.44. The summed E-state index contributed by atoms with van der Waals surface area (Å²) >= 11 is 0. The van der Waals surface area contributed by atoms with Gasteiger partial charge >= 0.3 is 6.09 Å². The minimum Gasteiger partial charge on any atom is -0.443 e. The van der Waals surface area contributed by atoms with Gasteiger partial charge in [-0.3, -0.25) is 4.79 Å². The molecule has 0 fully saturated rings. The van der Waals surface area contributed by atoms with Crippen LogP contribution in [0.15, 0.2) is 24.3 Å². The van der Waals surface area contributed by atoms with Crippen LogP contribution in [0.2, 0.25) is 0 Å². The highest BCUT2D eigenvalue weighted by atomic mass is 16.6. The van der Waals surface area contributed by atoms with Crippen molar-refractivity contribution in [2.75, 3.05) is 0 Å². The van der Waals surface area contributed by atoms with E-state index in [4.69, 9.17) is 4.74 Å². The molecule has 3 rings (SSSR count). The van der Waals surface area contributed by atoms with Gasteiger partial charge < -0.3 is 4.74 Å². The van der Waals surface area contributed by atoms with Crippen LogP contribution in [-0.4, -0.2) is 28.5 Å². The van der Waals surface area contributed by atoms with Gasteiger partial charge in [-0.25, -0.2) is 9.69 Å². The number of ether oxygens (including phenoxy) is 1. The summed E-state index contributed by atoms with van der Waals surface area (Å²) in [6, 6.07) is 5.98. The van der Waals surface area contributed by atoms with Crippen LogP contribution in [0.5, 0.6) is 0 Å². The maximum atomic E-state index is 12.4. The highest BCUT2D eigenvalue weighted by molar-refractivity contribution is 6.10. The zero-order valence-electron chi connectivity index (χ0n) is 13.5. The molecule has 0 saturated heterocycles. The summed E-state index contributed by atoms with van der Waals surface area (Å²) in [6.45, 7) is 7.46. The first-order chi connectivity index (χ1) is 10.3. The Labute approximate surface area is 130 Å². The molecule has 1 aliphatic heterocycles. The topological polar surface area (TPSA) is 46.6 Å². The van der Waals surface area contributed by atoms with Gasteiger partial charge in [0, 0.05) is 6.08 Å². The van der Waals surface area contributed by atoms with Crippen LogP contribution in [0.3, 0.4) is 0 Å². The first kappa shape index (κ1) is 14.8. The van der Waals surface area contributed by atoms with Gasteiger partial charge in [0.05, 0.1) is 6.04 Å². The fraction of sp³-hybridized carbons (Fsp3) is 0.444. The monoisotopic (exact) mass is 299 g/mol. The minimum absolute atomic E-state index is 0.198. The van der Waals surface area contributed by atoms with E-state index in [2.05, 4.69) is 6.07 Å². The largest absolute Gasteiger partial charge is 0.443 e. The Morgan fingerprint density at radius 2 is 2.05 bits per heavy atom. The fourth-order valence-electron chi connectivity index (χ4n) is 3.29. The lowest BCUT2D eigenvalue weighted by atomic mass is 9.82. The standard InChI is InChI=1S/C18H21NO3/c1-11-6-5-7-12-8-9-14-13(16(11)12)10-15(20)19(14)17(21)22-18(2,3)4/h5-7,10,14H,8-9H2,1-4H3. The molecule has 0 bridgehead atoms. The molecule has 1 aliphatic carbocycles. The smallest absolute Gasteiger partial charge is 0.417 e. The van der Waals surface area contributed by atoms with E-state index < -0.39 is 11.7 Å². The number of fused-ring (bicyclic) bond motifs is 3. The molecule has 4 nitrogen and oxygen atoms in total. The highest BCUT2D eigenvalue weighted by Gasteiger charge is 2.42. The van der Waals surface area contributed by atoms with E-state index in [0.717, 1.165) is 29.5 Å². The maximum Gasteiger partial charge on any atom is 0.417 e. The maximum absolute atomic E-state index is 12.4. The second-order valence-corrected chi connectivity index (χ2v) is 6.95. The number of aryl methyl sites for hydroxylation is 2. The van der Waals surface area contributed by atoms with Gasteiger partial charge in [0.1, 0.15) is 5.60 Å². The summed E-state index contributed by atoms with van der Waals surface area (Å²) in [5.41, 5.74) is 3.87. The molecular formula is C18H21NO3. The first-order valence-corrected chi connectivity index (χ1v) is 7.64. The Hall–Kier alpha value is -2.10. The van der Waals surface area contributed by atoms with Crippen LogP contribution >= 0.6 is 0 Å². The molecule has 1 unspecified atom stereocenters. The lowest BCUT2D eigenvalue weighted by molar-refractivity contribution is -0.125. The van der Waals surface area contributed by atoms with E-state index in [1.165, 1.54) is 10.5 Å². The molecule has 0 radical (unpaired) electrons. The Kier molecular flexibility index (Phi) is 3.35. The first-order valence-electron chi connectivity index (χ1n) is 7.64. The molecule has 116 valence electrons. The van der Waals surface area contributed by atoms with E-state index in [0.29, 0.717) is 0 Å². The molecule has 0 saturated carbocycles. The number of amides is 2. The van der Waals surface area contributed by atoms with Crippen molar-refractivity contribution in [3.8, 4) is 0 Å². The highest BCUT2D eigenvalue weighted by Crippen LogP contribution is 2.40. The molecule has 1 heterocycles. The van der Waals surface area contributed by atoms with Crippen LogP contribution in [0.4, 0.5) is 4.79 Å². The van der Waals surface area contributed by atoms with Crippen LogP contribution < -0.4 is 0 Å². The Morgan fingerprint density at radius 1 is 1.32 bits per heavy atom. The SMILES string of the molecule is Cc1cccc2c1C1=CC(=O)N(C(=O)OC(C)(C)C)C1CC2. The van der Waals surface area contributed by atoms with E-state index in [9.17, 15) is 9.59 Å². The van der Waals surface area contributed by atoms with E-state index in [-0.39, 0.29) is 11.9 Å². The third-order valence-corrected chi connectivity index (χ3v) is 4.11. The molecule has 0 aromatic heterocycles. The number of carbonyl (C=O) groups excluding carboxylic acids is 2. The fourth-order valence-corrected chi connectivity index (χ4v) is 3.29. The number of carbonyl (C=O) groups is 2. The van der Waals surface area contributed by atoms with Crippen molar-refractivity contribution in [2.24, 2.45) is 0 Å². The van der Waals surface area contributed by atoms with Crippen molar-refractivity contribution >= 4 is 17.6 Å². The quantitative estimate of drug-likeness (QED) is 0.737. The predicted molar refractivity (Wildman–Crippen MR) is 84.3 cm³/mol. The number of benzene rings is 1. The van der Waals surface area contributed by atoms with Gasteiger partial charge in [-0.05, 0) is 62.8 Å². The number of hydrogen-bond acceptors (Lipinski definition) is 3. The van der Waals surface area contributed by atoms with Crippen molar-refractivity contribution in [2.45, 2.75) is 52.2 Å². The van der Waals surface area contributed by atoms with Crippen molar-refractivity contribution in [3.63, 3.8) is 0 Å². The molecule has 2 aliphatic rings. The molecule has 0 spiro atoms. The number of imide groups is 1. The van der Waals surface area contributed by atoms with E-state index in [1.54, 1.807) is 26.8 Å². The summed E-state index contributed by atoms with van der Waals surface area (Å²) in [5, 5.41) is 0. The summed E-state index contributed by atoms with van der Waals surface area (Å²) in [6.07, 6.45) is 2.67. The Balaban J connectivity index is 1.95. The minimum atomic E-state index is -0.609. The zero-order valence-corrected chi connectivity index (χ0v) is 13.5. The summed E-state index contributed by atoms with van der Waals surface area (Å²) < 4.78 is 5.39. The molecule has 1 aromatic rings. The second-order valence-electron chi connectivity index (χ2n) is 6.95.